The van der Waals surface area contributed by atoms with Gasteiger partial charge in [-0.25, -0.2) is 13.1 Å². The molecule has 7 heteroatoms. The minimum absolute atomic E-state index is 0.0413. The van der Waals surface area contributed by atoms with Crippen LogP contribution in [0.2, 0.25) is 0 Å². The van der Waals surface area contributed by atoms with E-state index in [2.05, 4.69) is 19.8 Å². The second-order valence-electron chi connectivity index (χ2n) is 5.47. The summed E-state index contributed by atoms with van der Waals surface area (Å²) in [5, 5.41) is 6.47. The maximum atomic E-state index is 12.4. The lowest BCUT2D eigenvalue weighted by atomic mass is 10.00. The first-order valence-corrected chi connectivity index (χ1v) is 8.32. The van der Waals surface area contributed by atoms with Crippen LogP contribution in [0, 0.1) is 6.92 Å². The Kier molecular flexibility index (Phi) is 3.36. The zero-order valence-electron chi connectivity index (χ0n) is 11.1. The van der Waals surface area contributed by atoms with Crippen molar-refractivity contribution in [3.63, 3.8) is 0 Å². The molecule has 106 valence electrons. The molecule has 0 bridgehead atoms. The third kappa shape index (κ3) is 2.42. The third-order valence-corrected chi connectivity index (χ3v) is 5.84. The molecule has 6 nitrogen and oxygen atoms in total. The lowest BCUT2D eigenvalue weighted by molar-refractivity contribution is 0.186. The van der Waals surface area contributed by atoms with Crippen LogP contribution in [-0.2, 0) is 10.0 Å². The normalized spacial score (nSPS) is 28.5. The van der Waals surface area contributed by atoms with E-state index in [1.54, 1.807) is 6.92 Å². The van der Waals surface area contributed by atoms with Crippen LogP contribution in [0.4, 0.5) is 0 Å². The predicted octanol–water partition coefficient (Wildman–Crippen LogP) is 0.623. The fourth-order valence-corrected chi connectivity index (χ4v) is 4.70. The van der Waals surface area contributed by atoms with Gasteiger partial charge in [-0.3, -0.25) is 10.00 Å². The molecule has 3 rings (SSSR count). The van der Waals surface area contributed by atoms with Crippen molar-refractivity contribution < 1.29 is 8.42 Å². The standard InChI is InChI=1S/C12H20N4O2S/c1-9-12(8-13-14-9)19(17,18)15-10-5-7-16-6-3-2-4-11(10)16/h8,10-11,15H,2-7H2,1H3,(H,13,14). The van der Waals surface area contributed by atoms with Crippen molar-refractivity contribution >= 4 is 10.0 Å². The van der Waals surface area contributed by atoms with Crippen LogP contribution in [0.15, 0.2) is 11.1 Å². The minimum atomic E-state index is -3.45. The van der Waals surface area contributed by atoms with Crippen molar-refractivity contribution in [2.45, 2.75) is 49.6 Å². The highest BCUT2D eigenvalue weighted by molar-refractivity contribution is 7.89. The fourth-order valence-electron chi connectivity index (χ4n) is 3.26. The average molecular weight is 284 g/mol. The molecule has 2 saturated heterocycles. The molecule has 2 aliphatic rings. The molecule has 0 radical (unpaired) electrons. The van der Waals surface area contributed by atoms with Gasteiger partial charge in [0.1, 0.15) is 4.90 Å². The number of aromatic amines is 1. The molecular formula is C12H20N4O2S. The Morgan fingerprint density at radius 1 is 1.37 bits per heavy atom. The molecule has 2 unspecified atom stereocenters. The molecule has 0 spiro atoms. The summed E-state index contributed by atoms with van der Waals surface area (Å²) >= 11 is 0. The monoisotopic (exact) mass is 284 g/mol. The first-order valence-electron chi connectivity index (χ1n) is 6.84. The second-order valence-corrected chi connectivity index (χ2v) is 7.16. The second kappa shape index (κ2) is 4.88. The molecule has 2 atom stereocenters. The lowest BCUT2D eigenvalue weighted by Gasteiger charge is -2.32. The van der Waals surface area contributed by atoms with Gasteiger partial charge in [0.05, 0.1) is 11.9 Å². The summed E-state index contributed by atoms with van der Waals surface area (Å²) in [6.07, 6.45) is 5.81. The maximum absolute atomic E-state index is 12.4. The molecule has 1 aromatic heterocycles. The average Bonchev–Trinajstić information content (AvgIpc) is 2.97. The zero-order valence-corrected chi connectivity index (χ0v) is 11.9. The lowest BCUT2D eigenvalue weighted by Crippen LogP contribution is -2.46. The van der Waals surface area contributed by atoms with E-state index in [1.165, 1.54) is 19.0 Å². The summed E-state index contributed by atoms with van der Waals surface area (Å²) in [5.41, 5.74) is 0.589. The summed E-state index contributed by atoms with van der Waals surface area (Å²) in [6.45, 7) is 3.83. The highest BCUT2D eigenvalue weighted by Crippen LogP contribution is 2.28. The van der Waals surface area contributed by atoms with E-state index in [0.29, 0.717) is 11.7 Å². The molecule has 19 heavy (non-hydrogen) atoms. The van der Waals surface area contributed by atoms with Crippen molar-refractivity contribution in [3.05, 3.63) is 11.9 Å². The van der Waals surface area contributed by atoms with Gasteiger partial charge in [0.2, 0.25) is 10.0 Å². The van der Waals surface area contributed by atoms with E-state index in [0.717, 1.165) is 25.9 Å². The summed E-state index contributed by atoms with van der Waals surface area (Å²) < 4.78 is 27.6. The van der Waals surface area contributed by atoms with Gasteiger partial charge in [0.25, 0.3) is 0 Å². The highest BCUT2D eigenvalue weighted by atomic mass is 32.2. The van der Waals surface area contributed by atoms with Gasteiger partial charge >= 0.3 is 0 Å². The van der Waals surface area contributed by atoms with Crippen molar-refractivity contribution in [2.24, 2.45) is 0 Å². The van der Waals surface area contributed by atoms with E-state index >= 15 is 0 Å². The topological polar surface area (TPSA) is 78.1 Å². The van der Waals surface area contributed by atoms with Crippen LogP contribution in [0.3, 0.4) is 0 Å². The number of piperidine rings is 1. The van der Waals surface area contributed by atoms with Gasteiger partial charge in [-0.15, -0.1) is 0 Å². The number of fused-ring (bicyclic) bond motifs is 1. The summed E-state index contributed by atoms with van der Waals surface area (Å²) in [6, 6.07) is 0.412. The molecule has 2 N–H and O–H groups in total. The number of rotatable bonds is 3. The zero-order chi connectivity index (χ0) is 13.5. The summed E-state index contributed by atoms with van der Waals surface area (Å²) in [4.78, 5) is 2.68. The first kappa shape index (κ1) is 13.1. The molecule has 0 amide bonds. The Balaban J connectivity index is 1.76. The molecule has 2 aliphatic heterocycles. The van der Waals surface area contributed by atoms with Crippen molar-refractivity contribution in [1.82, 2.24) is 19.8 Å². The van der Waals surface area contributed by atoms with Crippen molar-refractivity contribution in [2.75, 3.05) is 13.1 Å². The van der Waals surface area contributed by atoms with Crippen LogP contribution >= 0.6 is 0 Å². The number of sulfonamides is 1. The number of hydrogen-bond acceptors (Lipinski definition) is 4. The number of nitrogens with one attached hydrogen (secondary N) is 2. The van der Waals surface area contributed by atoms with Gasteiger partial charge in [-0.1, -0.05) is 6.42 Å². The van der Waals surface area contributed by atoms with Crippen LogP contribution in [0.5, 0.6) is 0 Å². The fraction of sp³-hybridized carbons (Fsp3) is 0.750. The maximum Gasteiger partial charge on any atom is 0.244 e. The highest BCUT2D eigenvalue weighted by Gasteiger charge is 2.38. The molecule has 2 fully saturated rings. The quantitative estimate of drug-likeness (QED) is 0.853. The van der Waals surface area contributed by atoms with Crippen LogP contribution < -0.4 is 4.72 Å². The molecule has 0 aliphatic carbocycles. The largest absolute Gasteiger partial charge is 0.299 e. The van der Waals surface area contributed by atoms with Crippen LogP contribution in [-0.4, -0.2) is 48.7 Å². The van der Waals surface area contributed by atoms with E-state index < -0.39 is 10.0 Å². The summed E-state index contributed by atoms with van der Waals surface area (Å²) in [7, 11) is -3.45. The van der Waals surface area contributed by atoms with E-state index in [1.807, 2.05) is 0 Å². The minimum Gasteiger partial charge on any atom is -0.299 e. The summed E-state index contributed by atoms with van der Waals surface area (Å²) in [5.74, 6) is 0. The molecular weight excluding hydrogens is 264 g/mol. The molecule has 0 aromatic carbocycles. The Labute approximate surface area is 113 Å². The number of aromatic nitrogens is 2. The van der Waals surface area contributed by atoms with Gasteiger partial charge in [-0.2, -0.15) is 5.10 Å². The van der Waals surface area contributed by atoms with E-state index in [9.17, 15) is 8.42 Å². The Bertz CT molecular complexity index is 554. The Morgan fingerprint density at radius 2 is 2.21 bits per heavy atom. The predicted molar refractivity (Wildman–Crippen MR) is 71.3 cm³/mol. The van der Waals surface area contributed by atoms with Gasteiger partial charge in [0.15, 0.2) is 0 Å². The number of nitrogens with zero attached hydrogens (tertiary/aromatic N) is 2. The SMILES string of the molecule is Cc1[nH]ncc1S(=O)(=O)NC1CCN2CCCCC12. The molecule has 0 saturated carbocycles. The van der Waals surface area contributed by atoms with E-state index in [-0.39, 0.29) is 10.9 Å². The smallest absolute Gasteiger partial charge is 0.244 e. The number of hydrogen-bond donors (Lipinski definition) is 2. The Hall–Kier alpha value is -0.920. The van der Waals surface area contributed by atoms with Crippen LogP contribution in [0.1, 0.15) is 31.4 Å². The van der Waals surface area contributed by atoms with Crippen LogP contribution in [0.25, 0.3) is 0 Å². The van der Waals surface area contributed by atoms with Gasteiger partial charge in [-0.05, 0) is 32.7 Å². The Morgan fingerprint density at radius 3 is 2.95 bits per heavy atom. The number of H-pyrrole nitrogens is 1. The first-order chi connectivity index (χ1) is 9.08. The molecule has 1 aromatic rings. The van der Waals surface area contributed by atoms with E-state index in [4.69, 9.17) is 0 Å². The van der Waals surface area contributed by atoms with Crippen molar-refractivity contribution in [3.8, 4) is 0 Å². The van der Waals surface area contributed by atoms with Gasteiger partial charge in [0, 0.05) is 18.6 Å². The van der Waals surface area contributed by atoms with Gasteiger partial charge < -0.3 is 0 Å². The third-order valence-electron chi connectivity index (χ3n) is 4.24. The molecule has 3 heterocycles. The van der Waals surface area contributed by atoms with Crippen molar-refractivity contribution in [1.29, 1.82) is 0 Å². The number of aryl methyl sites for hydroxylation is 1.